The normalized spacial score (nSPS) is 23.8. The molecule has 0 radical (unpaired) electrons. The van der Waals surface area contributed by atoms with Crippen molar-refractivity contribution in [2.45, 2.75) is 122 Å². The van der Waals surface area contributed by atoms with E-state index in [0.717, 1.165) is 31.2 Å². The molecule has 0 aliphatic carbocycles. The fraction of sp³-hybridized carbons (Fsp3) is 0.724. The zero-order valence-corrected chi connectivity index (χ0v) is 24.7. The van der Waals surface area contributed by atoms with Crippen LogP contribution in [0.25, 0.3) is 0 Å². The number of hydrogen-bond donors (Lipinski definition) is 2. The van der Waals surface area contributed by atoms with Crippen LogP contribution in [0.3, 0.4) is 0 Å². The molecule has 0 atom stereocenters. The summed E-state index contributed by atoms with van der Waals surface area (Å²) in [4.78, 5) is 30.3. The van der Waals surface area contributed by atoms with Gasteiger partial charge in [-0.25, -0.2) is 9.59 Å². The molecule has 2 fully saturated rings. The number of piperidine rings is 2. The second kappa shape index (κ2) is 10.1. The van der Waals surface area contributed by atoms with Crippen LogP contribution in [0.2, 0.25) is 0 Å². The number of rotatable bonds is 4. The van der Waals surface area contributed by atoms with Gasteiger partial charge in [0.2, 0.25) is 0 Å². The molecule has 208 valence electrons. The van der Waals surface area contributed by atoms with E-state index in [0.29, 0.717) is 11.4 Å². The highest BCUT2D eigenvalue weighted by molar-refractivity contribution is 5.89. The molecule has 0 unspecified atom stereocenters. The molecule has 8 nitrogen and oxygen atoms in total. The van der Waals surface area contributed by atoms with Gasteiger partial charge in [0, 0.05) is 59.2 Å². The van der Waals surface area contributed by atoms with Gasteiger partial charge in [-0.15, -0.1) is 0 Å². The average molecular weight is 517 g/mol. The van der Waals surface area contributed by atoms with E-state index in [1.807, 2.05) is 13.0 Å². The summed E-state index contributed by atoms with van der Waals surface area (Å²) in [6, 6.07) is 5.40. The number of benzene rings is 1. The number of nitrogens with zero attached hydrogens (tertiary/aromatic N) is 2. The number of carbonyl (C=O) groups excluding carboxylic acids is 2. The van der Waals surface area contributed by atoms with E-state index in [1.54, 1.807) is 12.1 Å². The van der Waals surface area contributed by atoms with Crippen molar-refractivity contribution in [1.29, 1.82) is 0 Å². The van der Waals surface area contributed by atoms with Crippen molar-refractivity contribution >= 4 is 23.6 Å². The highest BCUT2D eigenvalue weighted by Crippen LogP contribution is 2.39. The van der Waals surface area contributed by atoms with Gasteiger partial charge in [-0.3, -0.25) is 20.4 Å². The number of likely N-dealkylation sites (tertiary alicyclic amines) is 2. The number of nitrogens with one attached hydrogen (secondary N) is 2. The maximum atomic E-state index is 12.8. The quantitative estimate of drug-likeness (QED) is 0.482. The molecule has 8 heteroatoms. The fourth-order valence-corrected chi connectivity index (χ4v) is 6.15. The molecule has 1 aromatic carbocycles. The lowest BCUT2D eigenvalue weighted by Gasteiger charge is -2.53. The smallest absolute Gasteiger partial charge is 0.411 e. The molecule has 3 rings (SSSR count). The average Bonchev–Trinajstić information content (AvgIpc) is 2.71. The first kappa shape index (κ1) is 29.2. The van der Waals surface area contributed by atoms with Crippen molar-refractivity contribution in [2.24, 2.45) is 0 Å². The molecule has 0 bridgehead atoms. The lowest BCUT2D eigenvalue weighted by Crippen LogP contribution is -2.60. The molecule has 0 saturated carbocycles. The number of hydrogen-bond acceptors (Lipinski definition) is 6. The third kappa shape index (κ3) is 6.77. The molecule has 2 aliphatic heterocycles. The highest BCUT2D eigenvalue weighted by Gasteiger charge is 2.45. The van der Waals surface area contributed by atoms with Crippen molar-refractivity contribution in [3.8, 4) is 0 Å². The van der Waals surface area contributed by atoms with Crippen molar-refractivity contribution in [3.63, 3.8) is 0 Å². The van der Waals surface area contributed by atoms with Crippen LogP contribution in [0.5, 0.6) is 0 Å². The van der Waals surface area contributed by atoms with Crippen LogP contribution >= 0.6 is 0 Å². The van der Waals surface area contributed by atoms with Crippen molar-refractivity contribution < 1.29 is 19.1 Å². The van der Waals surface area contributed by atoms with Crippen molar-refractivity contribution in [2.75, 3.05) is 24.7 Å². The largest absolute Gasteiger partial charge is 0.446 e. The second-order valence-corrected chi connectivity index (χ2v) is 13.5. The third-order valence-corrected chi connectivity index (χ3v) is 8.81. The number of amides is 2. The number of anilines is 2. The summed E-state index contributed by atoms with van der Waals surface area (Å²) in [5.74, 6) is 0. The van der Waals surface area contributed by atoms with E-state index in [4.69, 9.17) is 9.47 Å². The summed E-state index contributed by atoms with van der Waals surface area (Å²) in [7, 11) is 4.24. The van der Waals surface area contributed by atoms with Crippen LogP contribution in [-0.2, 0) is 9.47 Å². The summed E-state index contributed by atoms with van der Waals surface area (Å²) in [6.45, 7) is 19.3. The van der Waals surface area contributed by atoms with Gasteiger partial charge in [0.25, 0.3) is 0 Å². The zero-order valence-electron chi connectivity index (χ0n) is 24.7. The summed E-state index contributed by atoms with van der Waals surface area (Å²) in [6.07, 6.45) is 1.71. The van der Waals surface area contributed by atoms with E-state index in [-0.39, 0.29) is 34.4 Å². The molecule has 0 spiro atoms. The fourth-order valence-electron chi connectivity index (χ4n) is 6.15. The molecule has 1 aromatic rings. The second-order valence-electron chi connectivity index (χ2n) is 13.5. The summed E-state index contributed by atoms with van der Waals surface area (Å²) < 4.78 is 11.7. The molecule has 2 amide bonds. The Labute approximate surface area is 223 Å². The third-order valence-electron chi connectivity index (χ3n) is 8.81. The Morgan fingerprint density at radius 1 is 0.730 bits per heavy atom. The van der Waals surface area contributed by atoms with E-state index >= 15 is 0 Å². The van der Waals surface area contributed by atoms with Crippen LogP contribution in [-0.4, -0.2) is 70.4 Å². The minimum absolute atomic E-state index is 0.0772. The Balaban J connectivity index is 1.61. The Morgan fingerprint density at radius 3 is 1.51 bits per heavy atom. The first-order chi connectivity index (χ1) is 16.8. The predicted molar refractivity (Wildman–Crippen MR) is 149 cm³/mol. The standard InChI is InChI=1S/C29H48N4O4/c1-19-12-13-20(30-24(34)36-21-15-26(2,3)32(10)27(4,5)16-21)14-23(19)31-25(35)37-22-17-28(6,7)33(11)29(8,9)18-22/h12-14,21-22H,15-18H2,1-11H3,(H,30,34)(H,31,35). The summed E-state index contributed by atoms with van der Waals surface area (Å²) in [5, 5.41) is 5.70. The van der Waals surface area contributed by atoms with E-state index in [9.17, 15) is 9.59 Å². The molecule has 37 heavy (non-hydrogen) atoms. The van der Waals surface area contributed by atoms with Crippen molar-refractivity contribution in [3.05, 3.63) is 23.8 Å². The van der Waals surface area contributed by atoms with Gasteiger partial charge in [-0.2, -0.15) is 0 Å². The van der Waals surface area contributed by atoms with E-state index in [1.165, 1.54) is 0 Å². The van der Waals surface area contributed by atoms with Crippen LogP contribution in [0.1, 0.15) is 86.6 Å². The highest BCUT2D eigenvalue weighted by atomic mass is 16.6. The van der Waals surface area contributed by atoms with Gasteiger partial charge in [0.05, 0.1) is 0 Å². The lowest BCUT2D eigenvalue weighted by atomic mass is 9.79. The molecular weight excluding hydrogens is 468 g/mol. The van der Waals surface area contributed by atoms with Gasteiger partial charge in [-0.1, -0.05) is 6.07 Å². The van der Waals surface area contributed by atoms with Crippen LogP contribution in [0.4, 0.5) is 21.0 Å². The summed E-state index contributed by atoms with van der Waals surface area (Å²) in [5.41, 5.74) is 1.71. The van der Waals surface area contributed by atoms with Gasteiger partial charge in [0.1, 0.15) is 12.2 Å². The monoisotopic (exact) mass is 516 g/mol. The van der Waals surface area contributed by atoms with Gasteiger partial charge >= 0.3 is 12.2 Å². The molecule has 2 aliphatic rings. The van der Waals surface area contributed by atoms with Gasteiger partial charge < -0.3 is 9.47 Å². The van der Waals surface area contributed by atoms with E-state index in [2.05, 4.69) is 89.9 Å². The number of carbonyl (C=O) groups is 2. The van der Waals surface area contributed by atoms with Crippen LogP contribution in [0, 0.1) is 6.92 Å². The minimum atomic E-state index is -0.491. The topological polar surface area (TPSA) is 83.1 Å². The predicted octanol–water partition coefficient (Wildman–Crippen LogP) is 6.39. The zero-order chi connectivity index (χ0) is 28.0. The maximum absolute atomic E-state index is 12.8. The molecule has 2 heterocycles. The Morgan fingerprint density at radius 2 is 1.11 bits per heavy atom. The minimum Gasteiger partial charge on any atom is -0.446 e. The Kier molecular flexibility index (Phi) is 7.98. The van der Waals surface area contributed by atoms with E-state index < -0.39 is 12.2 Å². The van der Waals surface area contributed by atoms with Crippen molar-refractivity contribution in [1.82, 2.24) is 9.80 Å². The molecular formula is C29H48N4O4. The number of aryl methyl sites for hydroxylation is 1. The van der Waals surface area contributed by atoms with Crippen LogP contribution < -0.4 is 10.6 Å². The Hall–Kier alpha value is -2.32. The maximum Gasteiger partial charge on any atom is 0.411 e. The molecule has 2 saturated heterocycles. The Bertz CT molecular complexity index is 981. The first-order valence-electron chi connectivity index (χ1n) is 13.4. The molecule has 0 aromatic heterocycles. The first-order valence-corrected chi connectivity index (χ1v) is 13.4. The SMILES string of the molecule is Cc1ccc(NC(=O)OC2CC(C)(C)N(C)C(C)(C)C2)cc1NC(=O)OC1CC(C)(C)N(C)C(C)(C)C1. The lowest BCUT2D eigenvalue weighted by molar-refractivity contribution is -0.0666. The summed E-state index contributed by atoms with van der Waals surface area (Å²) >= 11 is 0. The van der Waals surface area contributed by atoms with Gasteiger partial charge in [-0.05, 0) is 94.1 Å². The van der Waals surface area contributed by atoms with Crippen LogP contribution in [0.15, 0.2) is 18.2 Å². The number of ether oxygens (including phenoxy) is 2. The molecule has 2 N–H and O–H groups in total. The van der Waals surface area contributed by atoms with Gasteiger partial charge in [0.15, 0.2) is 0 Å².